The van der Waals surface area contributed by atoms with E-state index in [-0.39, 0.29) is 12.7 Å². The number of ether oxygens (including phenoxy) is 2. The van der Waals surface area contributed by atoms with Crippen LogP contribution in [0.4, 0.5) is 4.39 Å². The lowest BCUT2D eigenvalue weighted by molar-refractivity contribution is 0.173. The van der Waals surface area contributed by atoms with Crippen LogP contribution in [0.3, 0.4) is 0 Å². The predicted molar refractivity (Wildman–Crippen MR) is 59.6 cm³/mol. The summed E-state index contributed by atoms with van der Waals surface area (Å²) in [5.74, 6) is 1.47. The van der Waals surface area contributed by atoms with E-state index in [1.807, 2.05) is 13.0 Å². The molecule has 2 unspecified atom stereocenters. The Hall–Kier alpha value is -1.29. The van der Waals surface area contributed by atoms with Gasteiger partial charge in [0.15, 0.2) is 11.5 Å². The fraction of sp³-hybridized carbons (Fsp3) is 0.500. The van der Waals surface area contributed by atoms with E-state index in [1.165, 1.54) is 6.92 Å². The summed E-state index contributed by atoms with van der Waals surface area (Å²) in [5.41, 5.74) is 7.17. The molecular formula is C12H16FNO2. The molecular weight excluding hydrogens is 209 g/mol. The molecule has 3 nitrogen and oxygen atoms in total. The second kappa shape index (κ2) is 4.29. The Balaban J connectivity index is 2.49. The number of halogens is 1. The van der Waals surface area contributed by atoms with Crippen molar-refractivity contribution >= 4 is 0 Å². The van der Waals surface area contributed by atoms with Gasteiger partial charge in [0.25, 0.3) is 0 Å². The largest absolute Gasteiger partial charge is 0.454 e. The average Bonchev–Trinajstić information content (AvgIpc) is 2.74. The van der Waals surface area contributed by atoms with E-state index in [0.29, 0.717) is 23.6 Å². The van der Waals surface area contributed by atoms with E-state index in [0.717, 1.165) is 5.56 Å². The molecule has 88 valence electrons. The molecule has 0 fully saturated rings. The van der Waals surface area contributed by atoms with E-state index in [4.69, 9.17) is 15.2 Å². The lowest BCUT2D eigenvalue weighted by Crippen LogP contribution is -2.10. The van der Waals surface area contributed by atoms with Gasteiger partial charge in [-0.25, -0.2) is 4.39 Å². The Morgan fingerprint density at radius 1 is 1.38 bits per heavy atom. The minimum atomic E-state index is -1.02. The third-order valence-corrected chi connectivity index (χ3v) is 2.87. The second-order valence-corrected chi connectivity index (χ2v) is 4.10. The number of fused-ring (bicyclic) bond motifs is 1. The first-order valence-electron chi connectivity index (χ1n) is 5.41. The molecule has 0 saturated carbocycles. The zero-order chi connectivity index (χ0) is 11.7. The van der Waals surface area contributed by atoms with Crippen LogP contribution in [-0.2, 0) is 0 Å². The standard InChI is InChI=1S/C12H16FNO2/c1-7(5-14)10-3-9(8(2)13)4-11-12(10)16-6-15-11/h3-4,7-8H,5-6,14H2,1-2H3. The van der Waals surface area contributed by atoms with Gasteiger partial charge in [-0.1, -0.05) is 6.92 Å². The van der Waals surface area contributed by atoms with Crippen LogP contribution in [0.1, 0.15) is 37.1 Å². The van der Waals surface area contributed by atoms with Crippen molar-refractivity contribution in [2.24, 2.45) is 5.73 Å². The fourth-order valence-electron chi connectivity index (χ4n) is 1.78. The summed E-state index contributed by atoms with van der Waals surface area (Å²) in [7, 11) is 0. The maximum absolute atomic E-state index is 13.3. The maximum Gasteiger partial charge on any atom is 0.231 e. The van der Waals surface area contributed by atoms with Crippen LogP contribution in [0, 0.1) is 0 Å². The summed E-state index contributed by atoms with van der Waals surface area (Å²) < 4.78 is 24.0. The highest BCUT2D eigenvalue weighted by Crippen LogP contribution is 2.41. The summed E-state index contributed by atoms with van der Waals surface area (Å²) in [4.78, 5) is 0. The first-order valence-corrected chi connectivity index (χ1v) is 5.41. The van der Waals surface area contributed by atoms with Crippen LogP contribution >= 0.6 is 0 Å². The van der Waals surface area contributed by atoms with Crippen LogP contribution < -0.4 is 15.2 Å². The first-order chi connectivity index (χ1) is 7.63. The number of rotatable bonds is 3. The molecule has 0 aromatic heterocycles. The molecule has 0 spiro atoms. The van der Waals surface area contributed by atoms with Crippen molar-refractivity contribution in [3.63, 3.8) is 0 Å². The van der Waals surface area contributed by atoms with Gasteiger partial charge in [0, 0.05) is 5.56 Å². The molecule has 1 aromatic carbocycles. The monoisotopic (exact) mass is 225 g/mol. The summed E-state index contributed by atoms with van der Waals surface area (Å²) >= 11 is 0. The Labute approximate surface area is 94.3 Å². The Kier molecular flexibility index (Phi) is 3.01. The summed E-state index contributed by atoms with van der Waals surface area (Å²) in [6.07, 6.45) is -1.02. The van der Waals surface area contributed by atoms with Crippen LogP contribution in [0.5, 0.6) is 11.5 Å². The van der Waals surface area contributed by atoms with Gasteiger partial charge in [-0.05, 0) is 37.1 Å². The molecule has 1 aromatic rings. The van der Waals surface area contributed by atoms with Gasteiger partial charge in [0.1, 0.15) is 6.17 Å². The van der Waals surface area contributed by atoms with Crippen molar-refractivity contribution in [1.82, 2.24) is 0 Å². The summed E-state index contributed by atoms with van der Waals surface area (Å²) in [5, 5.41) is 0. The van der Waals surface area contributed by atoms with Crippen molar-refractivity contribution in [2.45, 2.75) is 25.9 Å². The van der Waals surface area contributed by atoms with E-state index in [2.05, 4.69) is 0 Å². The van der Waals surface area contributed by atoms with Gasteiger partial charge in [0.05, 0.1) is 0 Å². The molecule has 16 heavy (non-hydrogen) atoms. The van der Waals surface area contributed by atoms with Crippen LogP contribution in [-0.4, -0.2) is 13.3 Å². The highest BCUT2D eigenvalue weighted by Gasteiger charge is 2.23. The van der Waals surface area contributed by atoms with E-state index >= 15 is 0 Å². The molecule has 4 heteroatoms. The predicted octanol–water partition coefficient (Wildman–Crippen LogP) is 2.51. The minimum absolute atomic E-state index is 0.133. The molecule has 1 heterocycles. The number of benzene rings is 1. The SMILES string of the molecule is CC(F)c1cc2c(c(C(C)CN)c1)OCO2. The van der Waals surface area contributed by atoms with E-state index < -0.39 is 6.17 Å². The third-order valence-electron chi connectivity index (χ3n) is 2.87. The zero-order valence-corrected chi connectivity index (χ0v) is 9.50. The van der Waals surface area contributed by atoms with Crippen molar-refractivity contribution < 1.29 is 13.9 Å². The lowest BCUT2D eigenvalue weighted by Gasteiger charge is -2.14. The van der Waals surface area contributed by atoms with Gasteiger partial charge in [0.2, 0.25) is 6.79 Å². The van der Waals surface area contributed by atoms with Crippen molar-refractivity contribution in [1.29, 1.82) is 0 Å². The number of hydrogen-bond donors (Lipinski definition) is 1. The van der Waals surface area contributed by atoms with Crippen molar-refractivity contribution in [3.05, 3.63) is 23.3 Å². The molecule has 0 aliphatic carbocycles. The van der Waals surface area contributed by atoms with Crippen molar-refractivity contribution in [3.8, 4) is 11.5 Å². The number of nitrogens with two attached hydrogens (primary N) is 1. The third kappa shape index (κ3) is 1.85. The maximum atomic E-state index is 13.3. The Bertz CT molecular complexity index is 393. The number of hydrogen-bond acceptors (Lipinski definition) is 3. The molecule has 1 aliphatic rings. The van der Waals surface area contributed by atoms with Gasteiger partial charge in [-0.15, -0.1) is 0 Å². The second-order valence-electron chi connectivity index (χ2n) is 4.10. The summed E-state index contributed by atoms with van der Waals surface area (Å²) in [6, 6.07) is 3.51. The van der Waals surface area contributed by atoms with E-state index in [1.54, 1.807) is 6.07 Å². The van der Waals surface area contributed by atoms with Gasteiger partial charge >= 0.3 is 0 Å². The molecule has 0 radical (unpaired) electrons. The smallest absolute Gasteiger partial charge is 0.231 e. The molecule has 2 rings (SSSR count). The topological polar surface area (TPSA) is 44.5 Å². The van der Waals surface area contributed by atoms with E-state index in [9.17, 15) is 4.39 Å². The zero-order valence-electron chi connectivity index (χ0n) is 9.50. The van der Waals surface area contributed by atoms with Gasteiger partial charge in [-0.2, -0.15) is 0 Å². The number of alkyl halides is 1. The minimum Gasteiger partial charge on any atom is -0.454 e. The highest BCUT2D eigenvalue weighted by atomic mass is 19.1. The highest BCUT2D eigenvalue weighted by molar-refractivity contribution is 5.52. The Morgan fingerprint density at radius 2 is 2.12 bits per heavy atom. The quantitative estimate of drug-likeness (QED) is 0.859. The normalized spacial score (nSPS) is 17.2. The van der Waals surface area contributed by atoms with Crippen LogP contribution in [0.15, 0.2) is 12.1 Å². The first kappa shape index (κ1) is 11.2. The lowest BCUT2D eigenvalue weighted by atomic mass is 9.96. The molecule has 0 amide bonds. The molecule has 2 N–H and O–H groups in total. The molecule has 0 saturated heterocycles. The molecule has 2 atom stereocenters. The van der Waals surface area contributed by atoms with Crippen LogP contribution in [0.2, 0.25) is 0 Å². The Morgan fingerprint density at radius 3 is 2.75 bits per heavy atom. The van der Waals surface area contributed by atoms with Gasteiger partial charge < -0.3 is 15.2 Å². The molecule has 1 aliphatic heterocycles. The van der Waals surface area contributed by atoms with Gasteiger partial charge in [-0.3, -0.25) is 0 Å². The molecule has 0 bridgehead atoms. The average molecular weight is 225 g/mol. The summed E-state index contributed by atoms with van der Waals surface area (Å²) in [6.45, 7) is 4.20. The van der Waals surface area contributed by atoms with Crippen LogP contribution in [0.25, 0.3) is 0 Å². The van der Waals surface area contributed by atoms with Crippen molar-refractivity contribution in [2.75, 3.05) is 13.3 Å². The fourth-order valence-corrected chi connectivity index (χ4v) is 1.78.